The number of amides is 1. The van der Waals surface area contributed by atoms with Gasteiger partial charge in [-0.05, 0) is 44.2 Å². The first-order valence-corrected chi connectivity index (χ1v) is 8.02. The fraction of sp³-hybridized carbons (Fsp3) is 0.562. The van der Waals surface area contributed by atoms with Crippen molar-refractivity contribution in [2.24, 2.45) is 5.92 Å². The van der Waals surface area contributed by atoms with E-state index >= 15 is 0 Å². The molecule has 6 nitrogen and oxygen atoms in total. The number of carbonyl (C=O) groups is 1. The quantitative estimate of drug-likeness (QED) is 0.666. The summed E-state index contributed by atoms with van der Waals surface area (Å²) >= 11 is 0. The number of benzene rings is 1. The normalized spacial score (nSPS) is 21.4. The van der Waals surface area contributed by atoms with Crippen molar-refractivity contribution in [2.45, 2.75) is 31.7 Å². The Kier molecular flexibility index (Phi) is 6.12. The van der Waals surface area contributed by atoms with Crippen LogP contribution in [0.2, 0.25) is 0 Å². The fourth-order valence-electron chi connectivity index (χ4n) is 3.60. The number of hydrogen-bond acceptors (Lipinski definition) is 4. The maximum absolute atomic E-state index is 13.5. The number of hydrogen-bond donors (Lipinski definition) is 1. The van der Waals surface area contributed by atoms with Gasteiger partial charge in [-0.1, -0.05) is 0 Å². The highest BCUT2D eigenvalue weighted by molar-refractivity contribution is 5.95. The standard InChI is InChI=1S/C16H20FN3O3.ClH/c17-13-8-12(9-14(10-13)20(22)23)16(21)19-6-3-11(4-7-19)15-2-1-5-18-15;/h8-11,15,18H,1-7H2;1H. The topological polar surface area (TPSA) is 75.5 Å². The Labute approximate surface area is 146 Å². The van der Waals surface area contributed by atoms with Gasteiger partial charge in [0.25, 0.3) is 11.6 Å². The van der Waals surface area contributed by atoms with Crippen LogP contribution in [0, 0.1) is 21.8 Å². The highest BCUT2D eigenvalue weighted by Crippen LogP contribution is 2.27. The van der Waals surface area contributed by atoms with E-state index in [2.05, 4.69) is 5.32 Å². The van der Waals surface area contributed by atoms with E-state index in [1.807, 2.05) is 0 Å². The van der Waals surface area contributed by atoms with Gasteiger partial charge >= 0.3 is 0 Å². The van der Waals surface area contributed by atoms with Crippen LogP contribution in [0.15, 0.2) is 18.2 Å². The van der Waals surface area contributed by atoms with Crippen LogP contribution in [0.3, 0.4) is 0 Å². The van der Waals surface area contributed by atoms with Crippen LogP contribution in [-0.4, -0.2) is 41.4 Å². The molecular weight excluding hydrogens is 337 g/mol. The summed E-state index contributed by atoms with van der Waals surface area (Å²) in [6.07, 6.45) is 4.23. The zero-order valence-corrected chi connectivity index (χ0v) is 14.1. The second-order valence-corrected chi connectivity index (χ2v) is 6.29. The third-order valence-electron chi connectivity index (χ3n) is 4.83. The molecule has 1 N–H and O–H groups in total. The predicted molar refractivity (Wildman–Crippen MR) is 90.0 cm³/mol. The van der Waals surface area contributed by atoms with Crippen molar-refractivity contribution in [2.75, 3.05) is 19.6 Å². The lowest BCUT2D eigenvalue weighted by atomic mass is 9.88. The summed E-state index contributed by atoms with van der Waals surface area (Å²) in [5.74, 6) is -0.513. The van der Waals surface area contributed by atoms with Gasteiger partial charge in [-0.15, -0.1) is 12.4 Å². The maximum Gasteiger partial charge on any atom is 0.273 e. The van der Waals surface area contributed by atoms with Gasteiger partial charge in [0, 0.05) is 30.8 Å². The Morgan fingerprint density at radius 3 is 2.54 bits per heavy atom. The molecule has 2 aliphatic heterocycles. The van der Waals surface area contributed by atoms with Gasteiger partial charge in [-0.25, -0.2) is 4.39 Å². The molecule has 1 unspecified atom stereocenters. The van der Waals surface area contributed by atoms with E-state index in [0.29, 0.717) is 25.0 Å². The average Bonchev–Trinajstić information content (AvgIpc) is 3.08. The van der Waals surface area contributed by atoms with Gasteiger partial charge in [-0.2, -0.15) is 0 Å². The van der Waals surface area contributed by atoms with Crippen LogP contribution in [0.25, 0.3) is 0 Å². The molecule has 0 aliphatic carbocycles. The largest absolute Gasteiger partial charge is 0.339 e. The molecule has 2 saturated heterocycles. The Bertz CT molecular complexity index is 615. The summed E-state index contributed by atoms with van der Waals surface area (Å²) < 4.78 is 13.5. The van der Waals surface area contributed by atoms with Crippen molar-refractivity contribution >= 4 is 24.0 Å². The zero-order chi connectivity index (χ0) is 16.4. The second-order valence-electron chi connectivity index (χ2n) is 6.29. The minimum Gasteiger partial charge on any atom is -0.339 e. The van der Waals surface area contributed by atoms with Gasteiger partial charge in [0.2, 0.25) is 0 Å². The third-order valence-corrected chi connectivity index (χ3v) is 4.83. The van der Waals surface area contributed by atoms with Crippen LogP contribution in [0.1, 0.15) is 36.0 Å². The van der Waals surface area contributed by atoms with E-state index < -0.39 is 16.4 Å². The molecule has 24 heavy (non-hydrogen) atoms. The summed E-state index contributed by atoms with van der Waals surface area (Å²) in [6, 6.07) is 3.59. The van der Waals surface area contributed by atoms with E-state index in [1.165, 1.54) is 12.8 Å². The Balaban J connectivity index is 0.00000208. The molecule has 0 spiro atoms. The number of piperidine rings is 1. The minimum absolute atomic E-state index is 0. The lowest BCUT2D eigenvalue weighted by Gasteiger charge is -2.35. The summed E-state index contributed by atoms with van der Waals surface area (Å²) in [5, 5.41) is 14.3. The van der Waals surface area contributed by atoms with Crippen LogP contribution in [-0.2, 0) is 0 Å². The minimum atomic E-state index is -0.757. The number of non-ortho nitro benzene ring substituents is 1. The highest BCUT2D eigenvalue weighted by Gasteiger charge is 2.30. The molecule has 1 amide bonds. The van der Waals surface area contributed by atoms with E-state index in [0.717, 1.165) is 37.6 Å². The van der Waals surface area contributed by atoms with Gasteiger partial charge in [0.15, 0.2) is 0 Å². The highest BCUT2D eigenvalue weighted by atomic mass is 35.5. The third kappa shape index (κ3) is 4.02. The predicted octanol–water partition coefficient (Wildman–Crippen LogP) is 2.76. The Hall–Kier alpha value is -1.73. The summed E-state index contributed by atoms with van der Waals surface area (Å²) in [7, 11) is 0. The average molecular weight is 358 g/mol. The number of halogens is 2. The molecule has 0 aromatic heterocycles. The van der Waals surface area contributed by atoms with Crippen molar-refractivity contribution in [3.8, 4) is 0 Å². The number of nitro benzene ring substituents is 1. The molecule has 8 heteroatoms. The molecule has 0 saturated carbocycles. The van der Waals surface area contributed by atoms with Crippen molar-refractivity contribution in [1.82, 2.24) is 10.2 Å². The monoisotopic (exact) mass is 357 g/mol. The van der Waals surface area contributed by atoms with Crippen molar-refractivity contribution in [1.29, 1.82) is 0 Å². The number of rotatable bonds is 3. The first kappa shape index (κ1) is 18.6. The second kappa shape index (κ2) is 7.90. The van der Waals surface area contributed by atoms with E-state index in [-0.39, 0.29) is 23.9 Å². The lowest BCUT2D eigenvalue weighted by Crippen LogP contribution is -2.43. The lowest BCUT2D eigenvalue weighted by molar-refractivity contribution is -0.385. The summed E-state index contributed by atoms with van der Waals surface area (Å²) in [5.41, 5.74) is -0.340. The number of likely N-dealkylation sites (tertiary alicyclic amines) is 1. The van der Waals surface area contributed by atoms with Crippen LogP contribution in [0.4, 0.5) is 10.1 Å². The van der Waals surface area contributed by atoms with Crippen molar-refractivity contribution < 1.29 is 14.1 Å². The molecular formula is C16H21ClFN3O3. The van der Waals surface area contributed by atoms with Gasteiger partial charge in [-0.3, -0.25) is 14.9 Å². The number of nitrogens with zero attached hydrogens (tertiary/aromatic N) is 2. The molecule has 1 aromatic carbocycles. The van der Waals surface area contributed by atoms with E-state index in [1.54, 1.807) is 4.90 Å². The first-order valence-electron chi connectivity index (χ1n) is 8.02. The SMILES string of the molecule is Cl.O=C(c1cc(F)cc([N+](=O)[O-])c1)N1CCC(C2CCCN2)CC1. The Morgan fingerprint density at radius 1 is 1.25 bits per heavy atom. The van der Waals surface area contributed by atoms with Crippen molar-refractivity contribution in [3.05, 3.63) is 39.7 Å². The van der Waals surface area contributed by atoms with Gasteiger partial charge < -0.3 is 10.2 Å². The van der Waals surface area contributed by atoms with Gasteiger partial charge in [0.1, 0.15) is 5.82 Å². The Morgan fingerprint density at radius 2 is 1.96 bits per heavy atom. The van der Waals surface area contributed by atoms with E-state index in [9.17, 15) is 19.3 Å². The molecule has 2 aliphatic rings. The molecule has 1 aromatic rings. The zero-order valence-electron chi connectivity index (χ0n) is 13.2. The maximum atomic E-state index is 13.5. The molecule has 3 rings (SSSR count). The summed E-state index contributed by atoms with van der Waals surface area (Å²) in [6.45, 7) is 2.30. The van der Waals surface area contributed by atoms with Crippen molar-refractivity contribution in [3.63, 3.8) is 0 Å². The summed E-state index contributed by atoms with van der Waals surface area (Å²) in [4.78, 5) is 24.3. The molecule has 0 bridgehead atoms. The molecule has 132 valence electrons. The van der Waals surface area contributed by atoms with Crippen LogP contribution < -0.4 is 5.32 Å². The van der Waals surface area contributed by atoms with E-state index in [4.69, 9.17) is 0 Å². The number of nitro groups is 1. The van der Waals surface area contributed by atoms with Gasteiger partial charge in [0.05, 0.1) is 11.0 Å². The fourth-order valence-corrected chi connectivity index (χ4v) is 3.60. The molecule has 1 atom stereocenters. The molecule has 2 heterocycles. The number of nitrogens with one attached hydrogen (secondary N) is 1. The number of carbonyl (C=O) groups excluding carboxylic acids is 1. The first-order chi connectivity index (χ1) is 11.0. The van der Waals surface area contributed by atoms with Crippen LogP contribution >= 0.6 is 12.4 Å². The smallest absolute Gasteiger partial charge is 0.273 e. The van der Waals surface area contributed by atoms with Crippen LogP contribution in [0.5, 0.6) is 0 Å². The molecule has 2 fully saturated rings. The molecule has 0 radical (unpaired) electrons.